The van der Waals surface area contributed by atoms with E-state index in [1.54, 1.807) is 25.3 Å². The Hall–Kier alpha value is -2.83. The molecule has 2 aromatic rings. The van der Waals surface area contributed by atoms with E-state index in [1.807, 2.05) is 32.0 Å². The highest BCUT2D eigenvalue weighted by Gasteiger charge is 2.14. The zero-order chi connectivity index (χ0) is 18.9. The van der Waals surface area contributed by atoms with E-state index < -0.39 is 0 Å². The topological polar surface area (TPSA) is 76.6 Å². The van der Waals surface area contributed by atoms with E-state index in [-0.39, 0.29) is 5.91 Å². The lowest BCUT2D eigenvalue weighted by Crippen LogP contribution is -2.31. The first-order valence-corrected chi connectivity index (χ1v) is 8.69. The van der Waals surface area contributed by atoms with Gasteiger partial charge in [0.15, 0.2) is 11.5 Å². The Balaban J connectivity index is 1.91. The summed E-state index contributed by atoms with van der Waals surface area (Å²) in [5, 5.41) is 3.21. The zero-order valence-electron chi connectivity index (χ0n) is 15.8. The Morgan fingerprint density at radius 1 is 1.08 bits per heavy atom. The van der Waals surface area contributed by atoms with Gasteiger partial charge in [-0.1, -0.05) is 6.07 Å². The van der Waals surface area contributed by atoms with Gasteiger partial charge in [-0.05, 0) is 38.0 Å². The minimum Gasteiger partial charge on any atom is -0.493 e. The van der Waals surface area contributed by atoms with Gasteiger partial charge in [0, 0.05) is 19.6 Å². The van der Waals surface area contributed by atoms with Crippen molar-refractivity contribution in [3.8, 4) is 11.5 Å². The molecular weight excluding hydrogens is 332 g/mol. The van der Waals surface area contributed by atoms with Gasteiger partial charge in [-0.3, -0.25) is 4.79 Å². The fourth-order valence-corrected chi connectivity index (χ4v) is 2.57. The summed E-state index contributed by atoms with van der Waals surface area (Å²) in [4.78, 5) is 22.4. The predicted octanol–water partition coefficient (Wildman–Crippen LogP) is 2.63. The summed E-state index contributed by atoms with van der Waals surface area (Å²) < 4.78 is 10.5. The molecule has 0 saturated heterocycles. The number of hydrogen-bond acceptors (Lipinski definition) is 6. The molecule has 1 aromatic carbocycles. The van der Waals surface area contributed by atoms with Crippen LogP contribution in [0.3, 0.4) is 0 Å². The zero-order valence-corrected chi connectivity index (χ0v) is 15.8. The van der Waals surface area contributed by atoms with Gasteiger partial charge in [-0.25, -0.2) is 9.97 Å². The molecule has 0 bridgehead atoms. The van der Waals surface area contributed by atoms with Crippen LogP contribution in [0.15, 0.2) is 30.6 Å². The highest BCUT2D eigenvalue weighted by atomic mass is 16.5. The second-order valence-corrected chi connectivity index (χ2v) is 5.63. The van der Waals surface area contributed by atoms with Crippen molar-refractivity contribution in [2.45, 2.75) is 20.3 Å². The van der Waals surface area contributed by atoms with Gasteiger partial charge in [-0.15, -0.1) is 0 Å². The number of hydrogen-bond donors (Lipinski definition) is 1. The minimum absolute atomic E-state index is 0.0978. The van der Waals surface area contributed by atoms with Gasteiger partial charge >= 0.3 is 0 Å². The maximum atomic E-state index is 12.2. The Labute approximate surface area is 154 Å². The minimum atomic E-state index is -0.0978. The summed E-state index contributed by atoms with van der Waals surface area (Å²) in [7, 11) is 3.24. The Bertz CT molecular complexity index is 715. The van der Waals surface area contributed by atoms with Gasteiger partial charge in [0.05, 0.1) is 26.6 Å². The molecule has 0 aliphatic rings. The molecule has 0 aliphatic heterocycles. The van der Waals surface area contributed by atoms with Crippen molar-refractivity contribution >= 4 is 11.7 Å². The van der Waals surface area contributed by atoms with Crippen molar-refractivity contribution in [3.63, 3.8) is 0 Å². The Morgan fingerprint density at radius 2 is 1.81 bits per heavy atom. The van der Waals surface area contributed by atoms with E-state index in [4.69, 9.17) is 9.47 Å². The average Bonchev–Trinajstić information content (AvgIpc) is 2.69. The third kappa shape index (κ3) is 4.84. The van der Waals surface area contributed by atoms with Crippen molar-refractivity contribution in [1.82, 2.24) is 14.9 Å². The predicted molar refractivity (Wildman–Crippen MR) is 101 cm³/mol. The molecule has 1 amide bonds. The molecule has 0 fully saturated rings. The second kappa shape index (κ2) is 9.60. The highest BCUT2D eigenvalue weighted by molar-refractivity contribution is 5.92. The van der Waals surface area contributed by atoms with Crippen LogP contribution < -0.4 is 14.8 Å². The number of carbonyl (C=O) groups excluding carboxylic acids is 1. The first-order chi connectivity index (χ1) is 12.6. The molecule has 0 radical (unpaired) electrons. The number of nitrogens with one attached hydrogen (secondary N) is 1. The molecular formula is C19H26N4O3. The van der Waals surface area contributed by atoms with Crippen molar-refractivity contribution in [2.75, 3.05) is 39.2 Å². The lowest BCUT2D eigenvalue weighted by molar-refractivity contribution is 0.0766. The summed E-state index contributed by atoms with van der Waals surface area (Å²) in [6.07, 6.45) is 3.90. The molecule has 0 saturated carbocycles. The lowest BCUT2D eigenvalue weighted by atomic mass is 10.1. The average molecular weight is 358 g/mol. The van der Waals surface area contributed by atoms with Crippen LogP contribution in [0.4, 0.5) is 5.82 Å². The monoisotopic (exact) mass is 358 g/mol. The SMILES string of the molecule is CCN(CC)C(=O)c1cnc(NCCc2ccc(OC)c(OC)c2)cn1. The summed E-state index contributed by atoms with van der Waals surface area (Å²) in [5.41, 5.74) is 1.48. The molecule has 26 heavy (non-hydrogen) atoms. The van der Waals surface area contributed by atoms with Gasteiger partial charge in [0.1, 0.15) is 11.5 Å². The first kappa shape index (κ1) is 19.5. The maximum Gasteiger partial charge on any atom is 0.274 e. The van der Waals surface area contributed by atoms with Crippen LogP contribution >= 0.6 is 0 Å². The number of nitrogens with zero attached hydrogens (tertiary/aromatic N) is 3. The van der Waals surface area contributed by atoms with Gasteiger partial charge in [0.25, 0.3) is 5.91 Å². The second-order valence-electron chi connectivity index (χ2n) is 5.63. The third-order valence-electron chi connectivity index (χ3n) is 4.09. The van der Waals surface area contributed by atoms with Gasteiger partial charge in [0.2, 0.25) is 0 Å². The standard InChI is InChI=1S/C19H26N4O3/c1-5-23(6-2)19(24)15-12-22-18(13-21-15)20-10-9-14-7-8-16(25-3)17(11-14)26-4/h7-8,11-13H,5-6,9-10H2,1-4H3,(H,20,22). The first-order valence-electron chi connectivity index (χ1n) is 8.69. The Kier molecular flexibility index (Phi) is 7.20. The summed E-state index contributed by atoms with van der Waals surface area (Å²) >= 11 is 0. The van der Waals surface area contributed by atoms with Crippen molar-refractivity contribution in [1.29, 1.82) is 0 Å². The molecule has 1 N–H and O–H groups in total. The van der Waals surface area contributed by atoms with Crippen LogP contribution in [0.2, 0.25) is 0 Å². The lowest BCUT2D eigenvalue weighted by Gasteiger charge is -2.17. The summed E-state index contributed by atoms with van der Waals surface area (Å²) in [6.45, 7) is 5.88. The number of rotatable bonds is 9. The van der Waals surface area contributed by atoms with E-state index in [9.17, 15) is 4.79 Å². The van der Waals surface area contributed by atoms with Gasteiger partial charge in [-0.2, -0.15) is 0 Å². The number of carbonyl (C=O) groups is 1. The molecule has 0 aliphatic carbocycles. The number of benzene rings is 1. The maximum absolute atomic E-state index is 12.2. The van der Waals surface area contributed by atoms with Crippen LogP contribution in [-0.4, -0.2) is 54.6 Å². The van der Waals surface area contributed by atoms with Gasteiger partial charge < -0.3 is 19.7 Å². The molecule has 1 heterocycles. The normalized spacial score (nSPS) is 10.3. The molecule has 140 valence electrons. The quantitative estimate of drug-likeness (QED) is 0.743. The number of amides is 1. The van der Waals surface area contributed by atoms with E-state index in [1.165, 1.54) is 6.20 Å². The van der Waals surface area contributed by atoms with E-state index in [2.05, 4.69) is 15.3 Å². The smallest absolute Gasteiger partial charge is 0.274 e. The van der Waals surface area contributed by atoms with Crippen molar-refractivity contribution in [2.24, 2.45) is 0 Å². The van der Waals surface area contributed by atoms with Crippen LogP contribution in [0.25, 0.3) is 0 Å². The molecule has 2 rings (SSSR count). The van der Waals surface area contributed by atoms with E-state index in [0.29, 0.717) is 42.6 Å². The van der Waals surface area contributed by atoms with Crippen LogP contribution in [0.1, 0.15) is 29.9 Å². The Morgan fingerprint density at radius 3 is 2.38 bits per heavy atom. The largest absolute Gasteiger partial charge is 0.493 e. The van der Waals surface area contributed by atoms with Crippen molar-refractivity contribution < 1.29 is 14.3 Å². The summed E-state index contributed by atoms with van der Waals surface area (Å²) in [6, 6.07) is 5.85. The van der Waals surface area contributed by atoms with E-state index >= 15 is 0 Å². The molecule has 0 unspecified atom stereocenters. The molecule has 0 spiro atoms. The highest BCUT2D eigenvalue weighted by Crippen LogP contribution is 2.27. The number of ether oxygens (including phenoxy) is 2. The third-order valence-corrected chi connectivity index (χ3v) is 4.09. The number of aromatic nitrogens is 2. The van der Waals surface area contributed by atoms with Crippen molar-refractivity contribution in [3.05, 3.63) is 41.9 Å². The molecule has 1 aromatic heterocycles. The fraction of sp³-hybridized carbons (Fsp3) is 0.421. The number of anilines is 1. The van der Waals surface area contributed by atoms with Crippen LogP contribution in [0.5, 0.6) is 11.5 Å². The molecule has 0 atom stereocenters. The molecule has 7 heteroatoms. The molecule has 7 nitrogen and oxygen atoms in total. The number of methoxy groups -OCH3 is 2. The van der Waals surface area contributed by atoms with E-state index in [0.717, 1.165) is 12.0 Å². The fourth-order valence-electron chi connectivity index (χ4n) is 2.57. The van der Waals surface area contributed by atoms with Crippen LogP contribution in [0, 0.1) is 0 Å². The van der Waals surface area contributed by atoms with Crippen LogP contribution in [-0.2, 0) is 6.42 Å². The summed E-state index contributed by atoms with van der Waals surface area (Å²) in [5.74, 6) is 1.97.